The first kappa shape index (κ1) is 10.4. The molecule has 1 aliphatic carbocycles. The minimum Gasteiger partial charge on any atom is -0.330 e. The first-order valence-corrected chi connectivity index (χ1v) is 5.39. The lowest BCUT2D eigenvalue weighted by molar-refractivity contribution is 0.216. The normalized spacial score (nSPS) is 19.1. The van der Waals surface area contributed by atoms with Crippen LogP contribution in [-0.4, -0.2) is 6.54 Å². The number of hydrogen-bond acceptors (Lipinski definition) is 1. The minimum absolute atomic E-state index is 0.190. The van der Waals surface area contributed by atoms with E-state index in [1.54, 1.807) is 12.1 Å². The van der Waals surface area contributed by atoms with Gasteiger partial charge in [-0.1, -0.05) is 30.7 Å². The summed E-state index contributed by atoms with van der Waals surface area (Å²) < 4.78 is 12.7. The molecule has 1 aromatic rings. The average Bonchev–Trinajstić information content (AvgIpc) is 2.20. The molecule has 0 spiro atoms. The smallest absolute Gasteiger partial charge is 0.123 e. The van der Waals surface area contributed by atoms with Crippen molar-refractivity contribution in [1.29, 1.82) is 0 Å². The van der Waals surface area contributed by atoms with E-state index >= 15 is 0 Å². The summed E-state index contributed by atoms with van der Waals surface area (Å²) in [6.07, 6.45) is 7.86. The Morgan fingerprint density at radius 3 is 2.40 bits per heavy atom. The summed E-state index contributed by atoms with van der Waals surface area (Å²) in [4.78, 5) is 0. The number of hydrogen-bond donors (Lipinski definition) is 1. The summed E-state index contributed by atoms with van der Waals surface area (Å²) in [6.45, 7) is 0.713. The van der Waals surface area contributed by atoms with Gasteiger partial charge in [0.05, 0.1) is 0 Å². The molecule has 80 valence electrons. The van der Waals surface area contributed by atoms with Crippen molar-refractivity contribution in [1.82, 2.24) is 0 Å². The lowest BCUT2D eigenvalue weighted by atomic mass is 9.68. The Hall–Kier alpha value is -1.15. The zero-order chi connectivity index (χ0) is 10.7. The summed E-state index contributed by atoms with van der Waals surface area (Å²) in [5.41, 5.74) is 7.00. The highest BCUT2D eigenvalue weighted by Crippen LogP contribution is 2.41. The molecule has 0 saturated heterocycles. The summed E-state index contributed by atoms with van der Waals surface area (Å²) in [5, 5.41) is 0. The van der Waals surface area contributed by atoms with Gasteiger partial charge in [-0.15, -0.1) is 0 Å². The first-order chi connectivity index (χ1) is 7.24. The predicted octanol–water partition coefficient (Wildman–Crippen LogP) is 2.97. The second kappa shape index (κ2) is 4.15. The van der Waals surface area contributed by atoms with Crippen LogP contribution in [0.15, 0.2) is 30.3 Å². The Bertz CT molecular complexity index is 344. The topological polar surface area (TPSA) is 26.0 Å². The van der Waals surface area contributed by atoms with Crippen molar-refractivity contribution in [2.45, 2.75) is 19.3 Å². The Kier molecular flexibility index (Phi) is 2.87. The molecular formula is C13H16FN. The van der Waals surface area contributed by atoms with Gasteiger partial charge in [-0.05, 0) is 30.5 Å². The van der Waals surface area contributed by atoms with Gasteiger partial charge in [0, 0.05) is 12.0 Å². The molecule has 0 unspecified atom stereocenters. The third-order valence-corrected chi connectivity index (χ3v) is 3.26. The standard InChI is InChI=1S/C13H16FN/c14-12-4-2-11(3-5-12)6-9-13(10-15)7-1-8-13/h2-6,9H,1,7-8,10,15H2/b9-6+. The molecule has 1 nitrogen and oxygen atoms in total. The van der Waals surface area contributed by atoms with Gasteiger partial charge in [0.2, 0.25) is 0 Å². The van der Waals surface area contributed by atoms with Crippen molar-refractivity contribution >= 4 is 6.08 Å². The third kappa shape index (κ3) is 2.26. The molecule has 0 radical (unpaired) electrons. The molecule has 2 heteroatoms. The summed E-state index contributed by atoms with van der Waals surface area (Å²) >= 11 is 0. The predicted molar refractivity (Wildman–Crippen MR) is 60.8 cm³/mol. The highest BCUT2D eigenvalue weighted by atomic mass is 19.1. The monoisotopic (exact) mass is 205 g/mol. The first-order valence-electron chi connectivity index (χ1n) is 5.39. The van der Waals surface area contributed by atoms with Crippen LogP contribution < -0.4 is 5.73 Å². The average molecular weight is 205 g/mol. The quantitative estimate of drug-likeness (QED) is 0.806. The van der Waals surface area contributed by atoms with Crippen LogP contribution in [0.2, 0.25) is 0 Å². The fourth-order valence-electron chi connectivity index (χ4n) is 1.92. The number of benzene rings is 1. The summed E-state index contributed by atoms with van der Waals surface area (Å²) in [7, 11) is 0. The summed E-state index contributed by atoms with van der Waals surface area (Å²) in [6, 6.07) is 6.54. The van der Waals surface area contributed by atoms with E-state index in [4.69, 9.17) is 5.73 Å². The van der Waals surface area contributed by atoms with Gasteiger partial charge in [-0.3, -0.25) is 0 Å². The van der Waals surface area contributed by atoms with E-state index in [-0.39, 0.29) is 11.2 Å². The van der Waals surface area contributed by atoms with Crippen LogP contribution in [0.4, 0.5) is 4.39 Å². The molecule has 0 aliphatic heterocycles. The molecule has 0 heterocycles. The third-order valence-electron chi connectivity index (χ3n) is 3.26. The van der Waals surface area contributed by atoms with Gasteiger partial charge in [0.15, 0.2) is 0 Å². The van der Waals surface area contributed by atoms with Crippen molar-refractivity contribution in [3.05, 3.63) is 41.7 Å². The van der Waals surface area contributed by atoms with Crippen LogP contribution in [0.3, 0.4) is 0 Å². The second-order valence-corrected chi connectivity index (χ2v) is 4.30. The maximum atomic E-state index is 12.7. The molecule has 0 amide bonds. The van der Waals surface area contributed by atoms with E-state index < -0.39 is 0 Å². The molecule has 1 saturated carbocycles. The SMILES string of the molecule is NCC1(/C=C/c2ccc(F)cc2)CCC1. The van der Waals surface area contributed by atoms with Gasteiger partial charge in [0.25, 0.3) is 0 Å². The Balaban J connectivity index is 2.07. The van der Waals surface area contributed by atoms with Crippen molar-refractivity contribution < 1.29 is 4.39 Å². The van der Waals surface area contributed by atoms with Crippen LogP contribution in [0, 0.1) is 11.2 Å². The maximum Gasteiger partial charge on any atom is 0.123 e. The van der Waals surface area contributed by atoms with Crippen molar-refractivity contribution in [3.63, 3.8) is 0 Å². The minimum atomic E-state index is -0.190. The second-order valence-electron chi connectivity index (χ2n) is 4.30. The molecule has 0 aromatic heterocycles. The van der Waals surface area contributed by atoms with Gasteiger partial charge in [-0.25, -0.2) is 4.39 Å². The van der Waals surface area contributed by atoms with Gasteiger partial charge in [-0.2, -0.15) is 0 Å². The molecule has 2 N–H and O–H groups in total. The largest absolute Gasteiger partial charge is 0.330 e. The fourth-order valence-corrected chi connectivity index (χ4v) is 1.92. The van der Waals surface area contributed by atoms with E-state index in [0.717, 1.165) is 5.56 Å². The molecule has 0 bridgehead atoms. The molecule has 0 atom stereocenters. The van der Waals surface area contributed by atoms with Crippen LogP contribution in [-0.2, 0) is 0 Å². The lowest BCUT2D eigenvalue weighted by Gasteiger charge is -2.38. The van der Waals surface area contributed by atoms with Gasteiger partial charge in [0.1, 0.15) is 5.82 Å². The van der Waals surface area contributed by atoms with Crippen molar-refractivity contribution in [2.24, 2.45) is 11.1 Å². The Morgan fingerprint density at radius 1 is 1.27 bits per heavy atom. The highest BCUT2D eigenvalue weighted by Gasteiger charge is 2.32. The Morgan fingerprint density at radius 2 is 1.93 bits per heavy atom. The van der Waals surface area contributed by atoms with Gasteiger partial charge < -0.3 is 5.73 Å². The van der Waals surface area contributed by atoms with Crippen molar-refractivity contribution in [3.8, 4) is 0 Å². The molecule has 15 heavy (non-hydrogen) atoms. The fraction of sp³-hybridized carbons (Fsp3) is 0.385. The lowest BCUT2D eigenvalue weighted by Crippen LogP contribution is -2.35. The van der Waals surface area contributed by atoms with Crippen LogP contribution >= 0.6 is 0 Å². The summed E-state index contributed by atoms with van der Waals surface area (Å²) in [5.74, 6) is -0.190. The number of halogens is 1. The molecule has 1 fully saturated rings. The molecule has 2 rings (SSSR count). The van der Waals surface area contributed by atoms with E-state index in [0.29, 0.717) is 6.54 Å². The highest BCUT2D eigenvalue weighted by molar-refractivity contribution is 5.50. The Labute approximate surface area is 89.8 Å². The van der Waals surface area contributed by atoms with Gasteiger partial charge >= 0.3 is 0 Å². The van der Waals surface area contributed by atoms with Crippen LogP contribution in [0.1, 0.15) is 24.8 Å². The zero-order valence-electron chi connectivity index (χ0n) is 8.75. The molecular weight excluding hydrogens is 189 g/mol. The number of rotatable bonds is 3. The van der Waals surface area contributed by atoms with E-state index in [2.05, 4.69) is 6.08 Å². The number of nitrogens with two attached hydrogens (primary N) is 1. The van der Waals surface area contributed by atoms with E-state index in [1.165, 1.54) is 31.4 Å². The van der Waals surface area contributed by atoms with Crippen molar-refractivity contribution in [2.75, 3.05) is 6.54 Å². The maximum absolute atomic E-state index is 12.7. The molecule has 1 aliphatic rings. The molecule has 1 aromatic carbocycles. The van der Waals surface area contributed by atoms with E-state index in [9.17, 15) is 4.39 Å². The van der Waals surface area contributed by atoms with Crippen LogP contribution in [0.25, 0.3) is 6.08 Å². The van der Waals surface area contributed by atoms with Crippen LogP contribution in [0.5, 0.6) is 0 Å². The van der Waals surface area contributed by atoms with E-state index in [1.807, 2.05) is 6.08 Å². The zero-order valence-corrected chi connectivity index (χ0v) is 8.75.